The molecule has 126 valence electrons. The van der Waals surface area contributed by atoms with Crippen LogP contribution < -0.4 is 4.72 Å². The highest BCUT2D eigenvalue weighted by molar-refractivity contribution is 7.89. The van der Waals surface area contributed by atoms with Crippen LogP contribution in [-0.2, 0) is 14.8 Å². The molecule has 0 saturated heterocycles. The van der Waals surface area contributed by atoms with E-state index in [4.69, 9.17) is 5.11 Å². The molecule has 0 unspecified atom stereocenters. The van der Waals surface area contributed by atoms with Gasteiger partial charge in [-0.15, -0.1) is 0 Å². The number of sulfonamides is 1. The van der Waals surface area contributed by atoms with Crippen molar-refractivity contribution in [3.05, 3.63) is 35.9 Å². The summed E-state index contributed by atoms with van der Waals surface area (Å²) in [5.74, 6) is -1.04. The minimum Gasteiger partial charge on any atom is -0.478 e. The van der Waals surface area contributed by atoms with E-state index in [0.29, 0.717) is 12.1 Å². The smallest absolute Gasteiger partial charge is 0.328 e. The summed E-state index contributed by atoms with van der Waals surface area (Å²) in [6.45, 7) is 2.59. The zero-order valence-corrected chi connectivity index (χ0v) is 14.1. The van der Waals surface area contributed by atoms with Crippen molar-refractivity contribution in [3.63, 3.8) is 0 Å². The van der Waals surface area contributed by atoms with Crippen LogP contribution in [0.1, 0.15) is 44.6 Å². The Labute approximate surface area is 137 Å². The lowest BCUT2D eigenvalue weighted by Crippen LogP contribution is -2.37. The average molecular weight is 337 g/mol. The molecular formula is C17H23NO4S. The maximum Gasteiger partial charge on any atom is 0.328 e. The summed E-state index contributed by atoms with van der Waals surface area (Å²) in [4.78, 5) is 10.7. The molecule has 0 bridgehead atoms. The van der Waals surface area contributed by atoms with E-state index in [-0.39, 0.29) is 10.3 Å². The molecule has 1 aliphatic carbocycles. The van der Waals surface area contributed by atoms with Crippen molar-refractivity contribution >= 4 is 22.1 Å². The van der Waals surface area contributed by atoms with Gasteiger partial charge in [-0.05, 0) is 42.0 Å². The second-order valence-corrected chi connectivity index (χ2v) is 8.20. The Hall–Kier alpha value is -1.66. The largest absolute Gasteiger partial charge is 0.478 e. The summed E-state index contributed by atoms with van der Waals surface area (Å²) in [7, 11) is -3.54. The molecule has 0 amide bonds. The zero-order chi connectivity index (χ0) is 16.9. The van der Waals surface area contributed by atoms with Crippen molar-refractivity contribution in [1.82, 2.24) is 4.72 Å². The predicted molar refractivity (Wildman–Crippen MR) is 89.5 cm³/mol. The van der Waals surface area contributed by atoms with Gasteiger partial charge in [-0.2, -0.15) is 0 Å². The molecule has 0 atom stereocenters. The number of nitrogens with one attached hydrogen (secondary N) is 1. The van der Waals surface area contributed by atoms with Gasteiger partial charge >= 0.3 is 5.97 Å². The molecule has 1 fully saturated rings. The van der Waals surface area contributed by atoms with Gasteiger partial charge in [-0.3, -0.25) is 0 Å². The van der Waals surface area contributed by atoms with E-state index in [9.17, 15) is 13.2 Å². The molecule has 1 aromatic rings. The maximum atomic E-state index is 12.4. The number of rotatable bonds is 6. The van der Waals surface area contributed by atoms with Crippen LogP contribution in [0.15, 0.2) is 35.2 Å². The van der Waals surface area contributed by atoms with Crippen molar-refractivity contribution in [2.75, 3.05) is 6.54 Å². The van der Waals surface area contributed by atoms with E-state index in [1.54, 1.807) is 12.1 Å². The van der Waals surface area contributed by atoms with E-state index >= 15 is 0 Å². The molecule has 5 nitrogen and oxygen atoms in total. The molecule has 1 aliphatic rings. The van der Waals surface area contributed by atoms with Crippen LogP contribution in [0, 0.1) is 5.41 Å². The summed E-state index contributed by atoms with van der Waals surface area (Å²) < 4.78 is 27.5. The highest BCUT2D eigenvalue weighted by atomic mass is 32.2. The SMILES string of the molecule is CC1(CNS(=O)(=O)c2ccc(/C=C/C(=O)O)cc2)CCCCC1. The van der Waals surface area contributed by atoms with Gasteiger partial charge in [0, 0.05) is 12.6 Å². The van der Waals surface area contributed by atoms with E-state index in [1.165, 1.54) is 24.6 Å². The van der Waals surface area contributed by atoms with Gasteiger partial charge in [0.15, 0.2) is 0 Å². The molecule has 0 aromatic heterocycles. The van der Waals surface area contributed by atoms with Crippen molar-refractivity contribution in [1.29, 1.82) is 0 Å². The summed E-state index contributed by atoms with van der Waals surface area (Å²) in [5, 5.41) is 8.58. The third kappa shape index (κ3) is 5.18. The highest BCUT2D eigenvalue weighted by Crippen LogP contribution is 2.35. The van der Waals surface area contributed by atoms with Crippen LogP contribution in [0.25, 0.3) is 6.08 Å². The number of hydrogen-bond acceptors (Lipinski definition) is 3. The third-order valence-corrected chi connectivity index (χ3v) is 5.78. The lowest BCUT2D eigenvalue weighted by Gasteiger charge is -2.33. The molecular weight excluding hydrogens is 314 g/mol. The Bertz CT molecular complexity index is 671. The first-order chi connectivity index (χ1) is 10.8. The topological polar surface area (TPSA) is 83.5 Å². The predicted octanol–water partition coefficient (Wildman–Crippen LogP) is 3.03. The van der Waals surface area contributed by atoms with Crippen molar-refractivity contribution in [3.8, 4) is 0 Å². The first-order valence-electron chi connectivity index (χ1n) is 7.82. The second kappa shape index (κ2) is 7.27. The zero-order valence-electron chi connectivity index (χ0n) is 13.3. The Balaban J connectivity index is 2.03. The van der Waals surface area contributed by atoms with Crippen molar-refractivity contribution in [2.45, 2.75) is 43.9 Å². The molecule has 0 aliphatic heterocycles. The van der Waals surface area contributed by atoms with Crippen LogP contribution in [0.5, 0.6) is 0 Å². The Morgan fingerprint density at radius 3 is 2.39 bits per heavy atom. The fraction of sp³-hybridized carbons (Fsp3) is 0.471. The monoisotopic (exact) mass is 337 g/mol. The number of hydrogen-bond donors (Lipinski definition) is 2. The fourth-order valence-electron chi connectivity index (χ4n) is 2.86. The minimum atomic E-state index is -3.54. The first kappa shape index (κ1) is 17.7. The average Bonchev–Trinajstić information content (AvgIpc) is 2.52. The van der Waals surface area contributed by atoms with E-state index in [1.807, 2.05) is 0 Å². The van der Waals surface area contributed by atoms with E-state index in [0.717, 1.165) is 31.8 Å². The molecule has 2 rings (SSSR count). The van der Waals surface area contributed by atoms with Crippen LogP contribution in [-0.4, -0.2) is 26.0 Å². The third-order valence-electron chi connectivity index (χ3n) is 4.36. The normalized spacial score (nSPS) is 18.1. The number of carbonyl (C=O) groups is 1. The van der Waals surface area contributed by atoms with Crippen molar-refractivity contribution in [2.24, 2.45) is 5.41 Å². The van der Waals surface area contributed by atoms with Gasteiger partial charge in [0.05, 0.1) is 4.90 Å². The molecule has 0 spiro atoms. The molecule has 0 radical (unpaired) electrons. The molecule has 1 aromatic carbocycles. The van der Waals surface area contributed by atoms with Gasteiger partial charge < -0.3 is 5.11 Å². The first-order valence-corrected chi connectivity index (χ1v) is 9.30. The lowest BCUT2D eigenvalue weighted by molar-refractivity contribution is -0.131. The number of benzene rings is 1. The van der Waals surface area contributed by atoms with Crippen molar-refractivity contribution < 1.29 is 18.3 Å². The summed E-state index contributed by atoms with van der Waals surface area (Å²) >= 11 is 0. The number of carboxylic acids is 1. The highest BCUT2D eigenvalue weighted by Gasteiger charge is 2.28. The Kier molecular flexibility index (Phi) is 5.59. The number of carboxylic acid groups (broad SMARTS) is 1. The Morgan fingerprint density at radius 1 is 1.22 bits per heavy atom. The Morgan fingerprint density at radius 2 is 1.83 bits per heavy atom. The maximum absolute atomic E-state index is 12.4. The van der Waals surface area contributed by atoms with Gasteiger partial charge in [0.1, 0.15) is 0 Å². The van der Waals surface area contributed by atoms with E-state index < -0.39 is 16.0 Å². The van der Waals surface area contributed by atoms with Gasteiger partial charge in [0.2, 0.25) is 10.0 Å². The van der Waals surface area contributed by atoms with Gasteiger partial charge in [-0.25, -0.2) is 17.9 Å². The van der Waals surface area contributed by atoms with E-state index in [2.05, 4.69) is 11.6 Å². The molecule has 0 heterocycles. The number of aliphatic carboxylic acids is 1. The van der Waals surface area contributed by atoms with Gasteiger partial charge in [0.25, 0.3) is 0 Å². The lowest BCUT2D eigenvalue weighted by atomic mass is 9.76. The summed E-state index contributed by atoms with van der Waals surface area (Å²) in [6.07, 6.45) is 8.09. The summed E-state index contributed by atoms with van der Waals surface area (Å²) in [5.41, 5.74) is 0.681. The summed E-state index contributed by atoms with van der Waals surface area (Å²) in [6, 6.07) is 6.17. The van der Waals surface area contributed by atoms with Crippen LogP contribution in [0.3, 0.4) is 0 Å². The molecule has 2 N–H and O–H groups in total. The molecule has 23 heavy (non-hydrogen) atoms. The minimum absolute atomic E-state index is 0.0372. The quantitative estimate of drug-likeness (QED) is 0.782. The molecule has 1 saturated carbocycles. The van der Waals surface area contributed by atoms with Crippen LogP contribution in [0.4, 0.5) is 0 Å². The fourth-order valence-corrected chi connectivity index (χ4v) is 4.06. The van der Waals surface area contributed by atoms with Crippen LogP contribution >= 0.6 is 0 Å². The standard InChI is InChI=1S/C17H23NO4S/c1-17(11-3-2-4-12-17)13-18-23(21,22)15-8-5-14(6-9-15)7-10-16(19)20/h5-10,18H,2-4,11-13H2,1H3,(H,19,20)/b10-7+. The van der Waals surface area contributed by atoms with Gasteiger partial charge in [-0.1, -0.05) is 38.3 Å². The molecule has 6 heteroatoms. The van der Waals surface area contributed by atoms with Crippen LogP contribution in [0.2, 0.25) is 0 Å². The second-order valence-electron chi connectivity index (χ2n) is 6.44.